The van der Waals surface area contributed by atoms with Crippen LogP contribution in [-0.4, -0.2) is 37.8 Å². The first-order valence-corrected chi connectivity index (χ1v) is 7.35. The van der Waals surface area contributed by atoms with E-state index < -0.39 is 10.0 Å². The summed E-state index contributed by atoms with van der Waals surface area (Å²) in [6.45, 7) is 1.97. The summed E-state index contributed by atoms with van der Waals surface area (Å²) in [5.41, 5.74) is 5.75. The van der Waals surface area contributed by atoms with Gasteiger partial charge in [-0.05, 0) is 13.0 Å². The van der Waals surface area contributed by atoms with Gasteiger partial charge in [-0.2, -0.15) is 9.57 Å². The highest BCUT2D eigenvalue weighted by atomic mass is 32.2. The zero-order valence-electron chi connectivity index (χ0n) is 11.4. The average molecular weight is 292 g/mol. The third-order valence-corrected chi connectivity index (χ3v) is 4.30. The zero-order valence-corrected chi connectivity index (χ0v) is 12.2. The molecule has 0 saturated carbocycles. The molecule has 2 N–H and O–H groups in total. The molecule has 20 heavy (non-hydrogen) atoms. The Labute approximate surface area is 119 Å². The summed E-state index contributed by atoms with van der Waals surface area (Å²) in [6.07, 6.45) is 2.73. The van der Waals surface area contributed by atoms with Gasteiger partial charge in [0.25, 0.3) is 0 Å². The molecule has 1 unspecified atom stereocenters. The van der Waals surface area contributed by atoms with Crippen LogP contribution in [0.25, 0.3) is 0 Å². The lowest BCUT2D eigenvalue weighted by molar-refractivity contribution is 0.439. The van der Waals surface area contributed by atoms with Crippen molar-refractivity contribution in [1.82, 2.24) is 9.29 Å². The highest BCUT2D eigenvalue weighted by Gasteiger charge is 2.22. The molecule has 0 aliphatic rings. The normalized spacial score (nSPS) is 12.3. The SMILES string of the molecule is CC(C#N)CN(C)S(=O)(=O)c1cncc(C#CCN)c1. The molecule has 106 valence electrons. The Hall–Kier alpha value is -1.93. The third kappa shape index (κ3) is 4.04. The molecule has 0 saturated heterocycles. The highest BCUT2D eigenvalue weighted by molar-refractivity contribution is 7.89. The van der Waals surface area contributed by atoms with Crippen LogP contribution in [0.15, 0.2) is 23.4 Å². The number of rotatable bonds is 4. The molecule has 6 nitrogen and oxygen atoms in total. The number of nitrogens with zero attached hydrogens (tertiary/aromatic N) is 3. The number of hydrogen-bond acceptors (Lipinski definition) is 5. The predicted molar refractivity (Wildman–Crippen MR) is 74.8 cm³/mol. The van der Waals surface area contributed by atoms with Crippen molar-refractivity contribution in [3.05, 3.63) is 24.0 Å². The molecular formula is C13H16N4O2S. The van der Waals surface area contributed by atoms with Gasteiger partial charge in [0, 0.05) is 31.5 Å². The summed E-state index contributed by atoms with van der Waals surface area (Å²) >= 11 is 0. The summed E-state index contributed by atoms with van der Waals surface area (Å²) < 4.78 is 25.8. The number of pyridine rings is 1. The fourth-order valence-corrected chi connectivity index (χ4v) is 2.74. The molecule has 0 spiro atoms. The Balaban J connectivity index is 3.07. The van der Waals surface area contributed by atoms with Gasteiger partial charge in [0.1, 0.15) is 4.90 Å². The Bertz CT molecular complexity index is 668. The van der Waals surface area contributed by atoms with E-state index in [2.05, 4.69) is 16.8 Å². The topological polar surface area (TPSA) is 100 Å². The van der Waals surface area contributed by atoms with Crippen LogP contribution in [0.5, 0.6) is 0 Å². The zero-order chi connectivity index (χ0) is 15.2. The molecular weight excluding hydrogens is 276 g/mol. The molecule has 1 rings (SSSR count). The third-order valence-electron chi connectivity index (χ3n) is 2.51. The van der Waals surface area contributed by atoms with Crippen molar-refractivity contribution in [2.24, 2.45) is 11.7 Å². The lowest BCUT2D eigenvalue weighted by Crippen LogP contribution is -2.30. The Morgan fingerprint density at radius 2 is 2.20 bits per heavy atom. The van der Waals surface area contributed by atoms with Crippen LogP contribution < -0.4 is 5.73 Å². The van der Waals surface area contributed by atoms with Gasteiger partial charge in [-0.3, -0.25) is 4.98 Å². The maximum atomic E-state index is 12.3. The second-order valence-electron chi connectivity index (χ2n) is 4.23. The van der Waals surface area contributed by atoms with E-state index in [-0.39, 0.29) is 23.9 Å². The predicted octanol–water partition coefficient (Wildman–Crippen LogP) is 0.172. The van der Waals surface area contributed by atoms with Crippen molar-refractivity contribution in [2.45, 2.75) is 11.8 Å². The molecule has 0 fully saturated rings. The fraction of sp³-hybridized carbons (Fsp3) is 0.385. The van der Waals surface area contributed by atoms with Crippen molar-refractivity contribution in [2.75, 3.05) is 20.1 Å². The van der Waals surface area contributed by atoms with E-state index in [1.165, 1.54) is 25.5 Å². The van der Waals surface area contributed by atoms with Crippen molar-refractivity contribution in [1.29, 1.82) is 5.26 Å². The van der Waals surface area contributed by atoms with Crippen molar-refractivity contribution in [3.63, 3.8) is 0 Å². The minimum absolute atomic E-state index is 0.0500. The first-order chi connectivity index (χ1) is 9.41. The maximum Gasteiger partial charge on any atom is 0.244 e. The monoisotopic (exact) mass is 292 g/mol. The second kappa shape index (κ2) is 7.01. The first-order valence-electron chi connectivity index (χ1n) is 5.91. The minimum Gasteiger partial charge on any atom is -0.320 e. The minimum atomic E-state index is -3.67. The lowest BCUT2D eigenvalue weighted by Gasteiger charge is -2.17. The Morgan fingerprint density at radius 3 is 2.80 bits per heavy atom. The van der Waals surface area contributed by atoms with Gasteiger partial charge in [-0.15, -0.1) is 0 Å². The van der Waals surface area contributed by atoms with Crippen LogP contribution in [0.2, 0.25) is 0 Å². The molecule has 1 heterocycles. The largest absolute Gasteiger partial charge is 0.320 e. The van der Waals surface area contributed by atoms with E-state index >= 15 is 0 Å². The maximum absolute atomic E-state index is 12.3. The standard InChI is InChI=1S/C13H16N4O2S/c1-11(7-15)10-17(2)20(18,19)13-6-12(4-3-5-14)8-16-9-13/h6,8-9,11H,5,10,14H2,1-2H3. The molecule has 1 aromatic rings. The van der Waals surface area contributed by atoms with Gasteiger partial charge < -0.3 is 5.73 Å². The van der Waals surface area contributed by atoms with E-state index in [0.29, 0.717) is 5.56 Å². The van der Waals surface area contributed by atoms with Crippen LogP contribution in [0.1, 0.15) is 12.5 Å². The molecule has 0 amide bonds. The fourth-order valence-electron chi connectivity index (χ4n) is 1.49. The van der Waals surface area contributed by atoms with Crippen LogP contribution in [-0.2, 0) is 10.0 Å². The molecule has 0 radical (unpaired) electrons. The molecule has 0 aromatic carbocycles. The van der Waals surface area contributed by atoms with Crippen LogP contribution >= 0.6 is 0 Å². The Morgan fingerprint density at radius 1 is 1.50 bits per heavy atom. The summed E-state index contributed by atoms with van der Waals surface area (Å²) in [5.74, 6) is 4.99. The molecule has 1 atom stereocenters. The van der Waals surface area contributed by atoms with Gasteiger partial charge in [0.15, 0.2) is 0 Å². The lowest BCUT2D eigenvalue weighted by atomic mass is 10.2. The molecule has 0 aliphatic heterocycles. The quantitative estimate of drug-likeness (QED) is 0.797. The van der Waals surface area contributed by atoms with Gasteiger partial charge >= 0.3 is 0 Å². The van der Waals surface area contributed by atoms with E-state index in [9.17, 15) is 8.42 Å². The Kier molecular flexibility index (Phi) is 5.66. The van der Waals surface area contributed by atoms with E-state index in [1.54, 1.807) is 6.92 Å². The van der Waals surface area contributed by atoms with E-state index in [0.717, 1.165) is 4.31 Å². The number of nitriles is 1. The molecule has 1 aromatic heterocycles. The van der Waals surface area contributed by atoms with Gasteiger partial charge in [0.2, 0.25) is 10.0 Å². The van der Waals surface area contributed by atoms with Gasteiger partial charge in [-0.1, -0.05) is 11.8 Å². The van der Waals surface area contributed by atoms with Crippen LogP contribution in [0, 0.1) is 29.1 Å². The van der Waals surface area contributed by atoms with Gasteiger partial charge in [0.05, 0.1) is 18.5 Å². The van der Waals surface area contributed by atoms with E-state index in [1.807, 2.05) is 6.07 Å². The summed E-state index contributed by atoms with van der Waals surface area (Å²) in [5, 5.41) is 8.75. The van der Waals surface area contributed by atoms with Gasteiger partial charge in [-0.25, -0.2) is 8.42 Å². The first kappa shape index (κ1) is 16.1. The smallest absolute Gasteiger partial charge is 0.244 e. The summed E-state index contributed by atoms with van der Waals surface area (Å²) in [4.78, 5) is 3.92. The number of hydrogen-bond donors (Lipinski definition) is 1. The number of nitrogens with two attached hydrogens (primary N) is 1. The molecule has 7 heteroatoms. The van der Waals surface area contributed by atoms with Crippen LogP contribution in [0.3, 0.4) is 0 Å². The number of aromatic nitrogens is 1. The van der Waals surface area contributed by atoms with Crippen molar-refractivity contribution in [3.8, 4) is 17.9 Å². The van der Waals surface area contributed by atoms with Crippen molar-refractivity contribution >= 4 is 10.0 Å². The highest BCUT2D eigenvalue weighted by Crippen LogP contribution is 2.15. The van der Waals surface area contributed by atoms with Crippen LogP contribution in [0.4, 0.5) is 0 Å². The van der Waals surface area contributed by atoms with E-state index in [4.69, 9.17) is 11.0 Å². The van der Waals surface area contributed by atoms with Crippen molar-refractivity contribution < 1.29 is 8.42 Å². The summed E-state index contributed by atoms with van der Waals surface area (Å²) in [7, 11) is -2.24. The molecule has 0 bridgehead atoms. The second-order valence-corrected chi connectivity index (χ2v) is 6.28. The molecule has 0 aliphatic carbocycles. The number of sulfonamides is 1. The summed E-state index contributed by atoms with van der Waals surface area (Å²) in [6, 6.07) is 3.44. The average Bonchev–Trinajstić information content (AvgIpc) is 2.45.